The summed E-state index contributed by atoms with van der Waals surface area (Å²) in [6.07, 6.45) is 2.94. The van der Waals surface area contributed by atoms with E-state index in [0.717, 1.165) is 25.7 Å². The molecular weight excluding hydrogens is 340 g/mol. The van der Waals surface area contributed by atoms with E-state index in [9.17, 15) is 13.8 Å². The van der Waals surface area contributed by atoms with Gasteiger partial charge in [0, 0.05) is 27.8 Å². The molecule has 1 aliphatic heterocycles. The zero-order chi connectivity index (χ0) is 18.0. The molecule has 1 fully saturated rings. The van der Waals surface area contributed by atoms with Crippen molar-refractivity contribution in [1.82, 2.24) is 5.32 Å². The maximum Gasteiger partial charge on any atom is 0.265 e. The lowest BCUT2D eigenvalue weighted by molar-refractivity contribution is -0.122. The van der Waals surface area contributed by atoms with Crippen LogP contribution < -0.4 is 15.4 Å². The van der Waals surface area contributed by atoms with Crippen LogP contribution in [0.1, 0.15) is 49.9 Å². The van der Waals surface area contributed by atoms with Crippen LogP contribution in [0.2, 0.25) is 0 Å². The summed E-state index contributed by atoms with van der Waals surface area (Å²) in [5, 5.41) is 5.96. The van der Waals surface area contributed by atoms with Crippen molar-refractivity contribution in [1.29, 1.82) is 0 Å². The summed E-state index contributed by atoms with van der Waals surface area (Å²) in [7, 11) is -0.828. The van der Waals surface area contributed by atoms with Gasteiger partial charge in [0.05, 0.1) is 11.3 Å². The normalized spacial score (nSPS) is 26.8. The molecule has 0 radical (unpaired) electrons. The highest BCUT2D eigenvalue weighted by atomic mass is 32.2. The van der Waals surface area contributed by atoms with E-state index in [1.165, 1.54) is 0 Å². The van der Waals surface area contributed by atoms with Crippen molar-refractivity contribution in [3.8, 4) is 5.75 Å². The molecule has 1 saturated carbocycles. The van der Waals surface area contributed by atoms with Gasteiger partial charge in [-0.25, -0.2) is 0 Å². The molecule has 6 nitrogen and oxygen atoms in total. The Morgan fingerprint density at radius 1 is 1.40 bits per heavy atom. The van der Waals surface area contributed by atoms with E-state index < -0.39 is 16.9 Å². The fourth-order valence-electron chi connectivity index (χ4n) is 3.42. The molecule has 1 aromatic rings. The van der Waals surface area contributed by atoms with Crippen LogP contribution in [0, 0.1) is 0 Å². The van der Waals surface area contributed by atoms with Gasteiger partial charge in [0.15, 0.2) is 11.9 Å². The number of para-hydroxylation sites is 1. The van der Waals surface area contributed by atoms with Gasteiger partial charge in [-0.3, -0.25) is 13.8 Å². The fraction of sp³-hybridized carbons (Fsp3) is 0.556. The first kappa shape index (κ1) is 17.9. The van der Waals surface area contributed by atoms with E-state index in [-0.39, 0.29) is 23.1 Å². The molecule has 2 N–H and O–H groups in total. The van der Waals surface area contributed by atoms with E-state index in [1.807, 2.05) is 6.92 Å². The monoisotopic (exact) mass is 364 g/mol. The van der Waals surface area contributed by atoms with E-state index in [0.29, 0.717) is 22.8 Å². The third kappa shape index (κ3) is 3.86. The molecule has 136 valence electrons. The molecule has 3 rings (SSSR count). The van der Waals surface area contributed by atoms with Gasteiger partial charge >= 0.3 is 0 Å². The van der Waals surface area contributed by atoms with E-state index >= 15 is 0 Å². The zero-order valence-corrected chi connectivity index (χ0v) is 15.4. The van der Waals surface area contributed by atoms with Gasteiger partial charge in [-0.1, -0.05) is 19.4 Å². The van der Waals surface area contributed by atoms with Crippen LogP contribution in [-0.2, 0) is 15.6 Å². The molecule has 2 aliphatic rings. The Morgan fingerprint density at radius 2 is 2.20 bits per heavy atom. The van der Waals surface area contributed by atoms with Crippen molar-refractivity contribution in [2.45, 2.75) is 56.9 Å². The summed E-state index contributed by atoms with van der Waals surface area (Å²) in [4.78, 5) is 24.5. The van der Waals surface area contributed by atoms with Gasteiger partial charge in [0.25, 0.3) is 11.8 Å². The van der Waals surface area contributed by atoms with Crippen LogP contribution in [0.15, 0.2) is 18.2 Å². The second-order valence-corrected chi connectivity index (χ2v) is 8.57. The average molecular weight is 364 g/mol. The third-order valence-electron chi connectivity index (χ3n) is 4.80. The molecule has 2 amide bonds. The highest BCUT2D eigenvalue weighted by Gasteiger charge is 2.30. The number of carbonyl (C=O) groups is 2. The Hall–Kier alpha value is -1.89. The number of fused-ring (bicyclic) bond motifs is 1. The van der Waals surface area contributed by atoms with Crippen LogP contribution in [0.3, 0.4) is 0 Å². The van der Waals surface area contributed by atoms with Crippen LogP contribution in [0.4, 0.5) is 5.69 Å². The summed E-state index contributed by atoms with van der Waals surface area (Å²) < 4.78 is 17.7. The first-order valence-corrected chi connectivity index (χ1v) is 10.2. The lowest BCUT2D eigenvalue weighted by Gasteiger charge is -2.30. The SMILES string of the molecule is CCS(=O)C1CCCC(NC(=O)c2cccc3c2OC(C)C(=O)N3)C1. The molecule has 0 bridgehead atoms. The Bertz CT molecular complexity index is 706. The lowest BCUT2D eigenvalue weighted by atomic mass is 9.94. The highest BCUT2D eigenvalue weighted by molar-refractivity contribution is 7.85. The lowest BCUT2D eigenvalue weighted by Crippen LogP contribution is -2.42. The molecule has 7 heteroatoms. The molecule has 1 aliphatic carbocycles. The number of nitrogens with one attached hydrogen (secondary N) is 2. The van der Waals surface area contributed by atoms with Gasteiger partial charge in [-0.2, -0.15) is 0 Å². The summed E-state index contributed by atoms with van der Waals surface area (Å²) in [6.45, 7) is 3.58. The standard InChI is InChI=1S/C18H24N2O4S/c1-3-25(23)13-7-4-6-12(10-13)19-18(22)14-8-5-9-15-16(14)24-11(2)17(21)20-15/h5,8-9,11-13H,3-4,6-7,10H2,1-2H3,(H,19,22)(H,20,21). The predicted octanol–water partition coefficient (Wildman–Crippen LogP) is 2.22. The number of rotatable bonds is 4. The second-order valence-electron chi connectivity index (χ2n) is 6.56. The average Bonchev–Trinajstić information content (AvgIpc) is 2.61. The Balaban J connectivity index is 1.73. The van der Waals surface area contributed by atoms with Crippen molar-refractivity contribution in [3.63, 3.8) is 0 Å². The minimum absolute atomic E-state index is 0.0215. The third-order valence-corrected chi connectivity index (χ3v) is 6.54. The molecule has 4 atom stereocenters. The first-order valence-electron chi connectivity index (χ1n) is 8.78. The number of amides is 2. The largest absolute Gasteiger partial charge is 0.478 e. The van der Waals surface area contributed by atoms with Gasteiger partial charge in [-0.05, 0) is 38.3 Å². The summed E-state index contributed by atoms with van der Waals surface area (Å²) in [6, 6.07) is 5.16. The Morgan fingerprint density at radius 3 is 2.96 bits per heavy atom. The highest BCUT2D eigenvalue weighted by Crippen LogP contribution is 2.33. The summed E-state index contributed by atoms with van der Waals surface area (Å²) in [5.74, 6) is 0.634. The number of ether oxygens (including phenoxy) is 1. The van der Waals surface area contributed by atoms with Crippen molar-refractivity contribution < 1.29 is 18.5 Å². The topological polar surface area (TPSA) is 84.5 Å². The number of carbonyl (C=O) groups excluding carboxylic acids is 2. The number of benzene rings is 1. The molecule has 1 aromatic carbocycles. The van der Waals surface area contributed by atoms with Crippen molar-refractivity contribution >= 4 is 28.3 Å². The molecular formula is C18H24N2O4S. The van der Waals surface area contributed by atoms with Crippen LogP contribution in [-0.4, -0.2) is 39.2 Å². The zero-order valence-electron chi connectivity index (χ0n) is 14.5. The number of hydrogen-bond acceptors (Lipinski definition) is 4. The molecule has 25 heavy (non-hydrogen) atoms. The van der Waals surface area contributed by atoms with Crippen molar-refractivity contribution in [2.24, 2.45) is 0 Å². The minimum Gasteiger partial charge on any atom is -0.478 e. The quantitative estimate of drug-likeness (QED) is 0.858. The summed E-state index contributed by atoms with van der Waals surface area (Å²) in [5.41, 5.74) is 0.937. The van der Waals surface area contributed by atoms with Gasteiger partial charge in [-0.15, -0.1) is 0 Å². The van der Waals surface area contributed by atoms with Crippen molar-refractivity contribution in [3.05, 3.63) is 23.8 Å². The van der Waals surface area contributed by atoms with Crippen LogP contribution in [0.5, 0.6) is 5.75 Å². The van der Waals surface area contributed by atoms with Gasteiger partial charge in [0.2, 0.25) is 0 Å². The van der Waals surface area contributed by atoms with Crippen LogP contribution in [0.25, 0.3) is 0 Å². The van der Waals surface area contributed by atoms with Gasteiger partial charge < -0.3 is 15.4 Å². The summed E-state index contributed by atoms with van der Waals surface area (Å²) >= 11 is 0. The molecule has 1 heterocycles. The minimum atomic E-state index is -0.828. The van der Waals surface area contributed by atoms with E-state index in [1.54, 1.807) is 25.1 Å². The molecule has 0 aromatic heterocycles. The maximum atomic E-state index is 12.7. The van der Waals surface area contributed by atoms with E-state index in [2.05, 4.69) is 10.6 Å². The smallest absolute Gasteiger partial charge is 0.265 e. The Labute approximate surface area is 150 Å². The first-order chi connectivity index (χ1) is 12.0. The van der Waals surface area contributed by atoms with Crippen molar-refractivity contribution in [2.75, 3.05) is 11.1 Å². The van der Waals surface area contributed by atoms with E-state index in [4.69, 9.17) is 4.74 Å². The number of anilines is 1. The fourth-order valence-corrected chi connectivity index (χ4v) is 4.77. The predicted molar refractivity (Wildman–Crippen MR) is 97.4 cm³/mol. The second kappa shape index (κ2) is 7.56. The van der Waals surface area contributed by atoms with Crippen LogP contribution >= 0.6 is 0 Å². The molecule has 4 unspecified atom stereocenters. The van der Waals surface area contributed by atoms with Gasteiger partial charge in [0.1, 0.15) is 0 Å². The molecule has 0 spiro atoms. The molecule has 0 saturated heterocycles. The Kier molecular flexibility index (Phi) is 5.42. The number of hydrogen-bond donors (Lipinski definition) is 2. The maximum absolute atomic E-state index is 12.7.